The summed E-state index contributed by atoms with van der Waals surface area (Å²) in [7, 11) is 0. The number of thiazole rings is 1. The Balaban J connectivity index is 1.69. The Morgan fingerprint density at radius 1 is 0.933 bits per heavy atom. The number of hydrogen-bond acceptors (Lipinski definition) is 4. The zero-order valence-corrected chi connectivity index (χ0v) is 17.3. The number of fused-ring (bicyclic) bond motifs is 1. The van der Waals surface area contributed by atoms with Gasteiger partial charge < -0.3 is 10.3 Å². The molecule has 5 nitrogen and oxygen atoms in total. The van der Waals surface area contributed by atoms with Crippen LogP contribution in [0.15, 0.2) is 84.9 Å². The van der Waals surface area contributed by atoms with Crippen molar-refractivity contribution in [2.75, 3.05) is 5.32 Å². The first kappa shape index (κ1) is 18.5. The topological polar surface area (TPSA) is 62.7 Å². The molecular weight excluding hydrogens is 412 g/mol. The molecule has 2 aromatic heterocycles. The molecule has 0 saturated heterocycles. The van der Waals surface area contributed by atoms with Crippen LogP contribution < -0.4 is 5.32 Å². The van der Waals surface area contributed by atoms with Gasteiger partial charge in [0.1, 0.15) is 10.7 Å². The molecule has 2 heterocycles. The molecular formula is C23H16N4OS2. The highest BCUT2D eigenvalue weighted by molar-refractivity contribution is 7.73. The zero-order chi connectivity index (χ0) is 20.5. The van der Waals surface area contributed by atoms with E-state index in [1.807, 2.05) is 77.4 Å². The Morgan fingerprint density at radius 2 is 1.60 bits per heavy atom. The van der Waals surface area contributed by atoms with E-state index in [1.165, 1.54) is 11.3 Å². The molecule has 0 radical (unpaired) electrons. The Labute approximate surface area is 181 Å². The summed E-state index contributed by atoms with van der Waals surface area (Å²) in [5.74, 6) is 1.07. The summed E-state index contributed by atoms with van der Waals surface area (Å²) in [5.41, 5.74) is 3.24. The summed E-state index contributed by atoms with van der Waals surface area (Å²) >= 11 is 7.09. The molecule has 146 valence electrons. The van der Waals surface area contributed by atoms with Crippen LogP contribution in [-0.4, -0.2) is 20.4 Å². The number of H-pyrrole nitrogens is 1. The summed E-state index contributed by atoms with van der Waals surface area (Å²) < 4.78 is 2.50. The van der Waals surface area contributed by atoms with Crippen LogP contribution in [0.1, 0.15) is 10.4 Å². The first-order valence-corrected chi connectivity index (χ1v) is 10.6. The van der Waals surface area contributed by atoms with Gasteiger partial charge in [0.2, 0.25) is 0 Å². The van der Waals surface area contributed by atoms with Gasteiger partial charge in [0, 0.05) is 11.3 Å². The van der Waals surface area contributed by atoms with Crippen LogP contribution in [-0.2, 0) is 0 Å². The minimum absolute atomic E-state index is 0.203. The highest BCUT2D eigenvalue weighted by Crippen LogP contribution is 2.36. The number of nitrogens with zero attached hydrogens (tertiary/aromatic N) is 2. The summed E-state index contributed by atoms with van der Waals surface area (Å²) in [6.45, 7) is 0. The number of carbonyl (C=O) groups excluding carboxylic acids is 1. The molecule has 0 saturated carbocycles. The van der Waals surface area contributed by atoms with Gasteiger partial charge in [0.05, 0.1) is 11.0 Å². The molecule has 0 aliphatic carbocycles. The molecule has 3 aromatic carbocycles. The lowest BCUT2D eigenvalue weighted by atomic mass is 10.2. The Kier molecular flexibility index (Phi) is 4.74. The second kappa shape index (κ2) is 7.70. The SMILES string of the molecule is O=C(Nc1c(-c2nc3ccccc3[nH]2)sc(=S)n1-c1ccccc1)c1ccccc1. The molecule has 0 spiro atoms. The lowest BCUT2D eigenvalue weighted by molar-refractivity contribution is 0.102. The van der Waals surface area contributed by atoms with Crippen LogP contribution in [0.5, 0.6) is 0 Å². The maximum atomic E-state index is 13.0. The third kappa shape index (κ3) is 3.34. The Bertz CT molecular complexity index is 1370. The standard InChI is InChI=1S/C23H16N4OS2/c28-22(15-9-3-1-4-10-15)26-21-19(20-24-17-13-7-8-14-18(17)25-20)30-23(29)27(21)16-11-5-2-6-12-16/h1-14H,(H,24,25)(H,26,28). The fourth-order valence-corrected chi connectivity index (χ4v) is 4.63. The van der Waals surface area contributed by atoms with Crippen LogP contribution >= 0.6 is 23.6 Å². The summed E-state index contributed by atoms with van der Waals surface area (Å²) in [6, 6.07) is 26.7. The van der Waals surface area contributed by atoms with E-state index in [0.717, 1.165) is 21.6 Å². The fourth-order valence-electron chi connectivity index (χ4n) is 3.29. The van der Waals surface area contributed by atoms with Gasteiger partial charge in [-0.25, -0.2) is 4.98 Å². The molecule has 30 heavy (non-hydrogen) atoms. The normalized spacial score (nSPS) is 10.9. The van der Waals surface area contributed by atoms with Gasteiger partial charge in [0.15, 0.2) is 9.78 Å². The van der Waals surface area contributed by atoms with Gasteiger partial charge in [-0.1, -0.05) is 59.9 Å². The molecule has 0 atom stereocenters. The van der Waals surface area contributed by atoms with Crippen molar-refractivity contribution in [1.82, 2.24) is 14.5 Å². The number of amides is 1. The average Bonchev–Trinajstić information content (AvgIpc) is 3.35. The Hall–Kier alpha value is -3.55. The van der Waals surface area contributed by atoms with E-state index in [2.05, 4.69) is 10.3 Å². The third-order valence-electron chi connectivity index (χ3n) is 4.70. The van der Waals surface area contributed by atoms with E-state index in [-0.39, 0.29) is 5.91 Å². The molecule has 0 bridgehead atoms. The quantitative estimate of drug-likeness (QED) is 0.342. The molecule has 5 rings (SSSR count). The number of rotatable bonds is 4. The second-order valence-corrected chi connectivity index (χ2v) is 8.28. The maximum Gasteiger partial charge on any atom is 0.256 e. The van der Waals surface area contributed by atoms with Gasteiger partial charge in [0.25, 0.3) is 5.91 Å². The monoisotopic (exact) mass is 428 g/mol. The average molecular weight is 429 g/mol. The van der Waals surface area contributed by atoms with Crippen LogP contribution in [0.3, 0.4) is 0 Å². The van der Waals surface area contributed by atoms with Crippen molar-refractivity contribution in [2.45, 2.75) is 0 Å². The predicted octanol–water partition coefficient (Wildman–Crippen LogP) is 6.06. The predicted molar refractivity (Wildman–Crippen MR) is 124 cm³/mol. The van der Waals surface area contributed by atoms with Gasteiger partial charge in [-0.3, -0.25) is 9.36 Å². The smallest absolute Gasteiger partial charge is 0.256 e. The lowest BCUT2D eigenvalue weighted by Crippen LogP contribution is -2.15. The van der Waals surface area contributed by atoms with Crippen LogP contribution in [0.2, 0.25) is 0 Å². The van der Waals surface area contributed by atoms with Crippen LogP contribution in [0.4, 0.5) is 5.82 Å². The van der Waals surface area contributed by atoms with Crippen molar-refractivity contribution in [1.29, 1.82) is 0 Å². The van der Waals surface area contributed by atoms with E-state index >= 15 is 0 Å². The summed E-state index contributed by atoms with van der Waals surface area (Å²) in [4.78, 5) is 21.8. The summed E-state index contributed by atoms with van der Waals surface area (Å²) in [5, 5.41) is 3.07. The maximum absolute atomic E-state index is 13.0. The van der Waals surface area contributed by atoms with Crippen molar-refractivity contribution in [3.05, 3.63) is 94.4 Å². The van der Waals surface area contributed by atoms with Gasteiger partial charge in [-0.15, -0.1) is 0 Å². The third-order valence-corrected chi connectivity index (χ3v) is 6.08. The van der Waals surface area contributed by atoms with E-state index in [1.54, 1.807) is 12.1 Å². The lowest BCUT2D eigenvalue weighted by Gasteiger charge is -2.11. The number of anilines is 1. The van der Waals surface area contributed by atoms with E-state index < -0.39 is 0 Å². The molecule has 2 N–H and O–H groups in total. The van der Waals surface area contributed by atoms with Crippen molar-refractivity contribution in [3.63, 3.8) is 0 Å². The number of benzene rings is 3. The molecule has 0 aliphatic rings. The number of imidazole rings is 1. The van der Waals surface area contributed by atoms with E-state index in [4.69, 9.17) is 17.2 Å². The number of para-hydroxylation sites is 3. The molecule has 0 fully saturated rings. The number of hydrogen-bond donors (Lipinski definition) is 2. The molecule has 0 aliphatic heterocycles. The fraction of sp³-hybridized carbons (Fsp3) is 0. The van der Waals surface area contributed by atoms with Crippen molar-refractivity contribution >= 4 is 46.3 Å². The largest absolute Gasteiger partial charge is 0.337 e. The summed E-state index contributed by atoms with van der Waals surface area (Å²) in [6.07, 6.45) is 0. The van der Waals surface area contributed by atoms with Crippen LogP contribution in [0.25, 0.3) is 27.4 Å². The Morgan fingerprint density at radius 3 is 2.33 bits per heavy atom. The number of aromatic amines is 1. The number of carbonyl (C=O) groups is 1. The molecule has 5 aromatic rings. The zero-order valence-electron chi connectivity index (χ0n) is 15.7. The highest BCUT2D eigenvalue weighted by atomic mass is 32.1. The first-order valence-electron chi connectivity index (χ1n) is 9.33. The number of aromatic nitrogens is 3. The molecule has 1 amide bonds. The van der Waals surface area contributed by atoms with Gasteiger partial charge in [-0.05, 0) is 48.6 Å². The molecule has 7 heteroatoms. The number of nitrogens with one attached hydrogen (secondary N) is 2. The molecule has 0 unspecified atom stereocenters. The van der Waals surface area contributed by atoms with Gasteiger partial charge >= 0.3 is 0 Å². The first-order chi connectivity index (χ1) is 14.7. The van der Waals surface area contributed by atoms with E-state index in [0.29, 0.717) is 21.2 Å². The van der Waals surface area contributed by atoms with Crippen molar-refractivity contribution < 1.29 is 4.79 Å². The minimum Gasteiger partial charge on any atom is -0.337 e. The second-order valence-electron chi connectivity index (χ2n) is 6.64. The van der Waals surface area contributed by atoms with Crippen LogP contribution in [0, 0.1) is 3.95 Å². The van der Waals surface area contributed by atoms with Crippen molar-refractivity contribution in [2.24, 2.45) is 0 Å². The van der Waals surface area contributed by atoms with Crippen molar-refractivity contribution in [3.8, 4) is 16.4 Å². The van der Waals surface area contributed by atoms with Gasteiger partial charge in [-0.2, -0.15) is 0 Å². The minimum atomic E-state index is -0.203. The highest BCUT2D eigenvalue weighted by Gasteiger charge is 2.21. The van der Waals surface area contributed by atoms with E-state index in [9.17, 15) is 4.79 Å².